The smallest absolute Gasteiger partial charge is 0.339 e. The highest BCUT2D eigenvalue weighted by Gasteiger charge is 2.61. The van der Waals surface area contributed by atoms with Crippen LogP contribution in [-0.2, 0) is 14.3 Å². The van der Waals surface area contributed by atoms with Crippen molar-refractivity contribution in [2.45, 2.75) is 46.1 Å². The number of Topliss-reactive ketones (excluding diaryl/α,β-unsaturated/α-hetero) is 1. The van der Waals surface area contributed by atoms with Crippen LogP contribution in [0.3, 0.4) is 0 Å². The number of nitrogens with zero attached hydrogens (tertiary/aromatic N) is 2. The number of fused-ring (bicyclic) bond motifs is 6. The van der Waals surface area contributed by atoms with Crippen molar-refractivity contribution in [2.24, 2.45) is 23.7 Å². The van der Waals surface area contributed by atoms with Crippen LogP contribution in [0.4, 0.5) is 5.69 Å². The third kappa shape index (κ3) is 4.67. The van der Waals surface area contributed by atoms with E-state index in [9.17, 15) is 19.2 Å². The molecule has 3 aliphatic rings. The van der Waals surface area contributed by atoms with Gasteiger partial charge in [-0.3, -0.25) is 19.3 Å². The molecule has 7 nitrogen and oxygen atoms in total. The number of aromatic nitrogens is 1. The molecule has 7 rings (SSSR count). The lowest BCUT2D eigenvalue weighted by Crippen LogP contribution is -2.32. The van der Waals surface area contributed by atoms with Gasteiger partial charge in [-0.1, -0.05) is 57.9 Å². The van der Waals surface area contributed by atoms with Gasteiger partial charge in [0, 0.05) is 21.0 Å². The fourth-order valence-corrected chi connectivity index (χ4v) is 8.02. The molecule has 0 N–H and O–H groups in total. The van der Waals surface area contributed by atoms with Crippen molar-refractivity contribution in [3.8, 4) is 11.3 Å². The summed E-state index contributed by atoms with van der Waals surface area (Å²) in [6.45, 7) is 5.43. The summed E-state index contributed by atoms with van der Waals surface area (Å²) in [5, 5.41) is 0.603. The predicted molar refractivity (Wildman–Crippen MR) is 170 cm³/mol. The molecule has 1 aliphatic heterocycles. The van der Waals surface area contributed by atoms with Crippen molar-refractivity contribution in [1.29, 1.82) is 0 Å². The summed E-state index contributed by atoms with van der Waals surface area (Å²) >= 11 is 3.53. The Hall–Kier alpha value is -4.17. The van der Waals surface area contributed by atoms with Crippen molar-refractivity contribution >= 4 is 56.1 Å². The number of halogens is 1. The number of carbonyl (C=O) groups excluding carboxylic acids is 4. The average Bonchev–Trinajstić information content (AvgIpc) is 3.70. The Morgan fingerprint density at radius 3 is 2.18 bits per heavy atom. The van der Waals surface area contributed by atoms with E-state index in [0.29, 0.717) is 39.7 Å². The van der Waals surface area contributed by atoms with Gasteiger partial charge in [0.05, 0.1) is 34.3 Å². The molecular weight excluding hydrogens is 620 g/mol. The maximum atomic E-state index is 13.6. The maximum Gasteiger partial charge on any atom is 0.339 e. The van der Waals surface area contributed by atoms with E-state index >= 15 is 0 Å². The minimum Gasteiger partial charge on any atom is -0.451 e. The van der Waals surface area contributed by atoms with Crippen molar-refractivity contribution < 1.29 is 23.9 Å². The Kier molecular flexibility index (Phi) is 7.00. The fourth-order valence-electron chi connectivity index (χ4n) is 7.45. The molecule has 5 unspecified atom stereocenters. The number of hydrogen-bond donors (Lipinski definition) is 0. The lowest BCUT2D eigenvalue weighted by molar-refractivity contribution is -0.123. The molecule has 4 aromatic rings. The largest absolute Gasteiger partial charge is 0.451 e. The Bertz CT molecular complexity index is 1840. The van der Waals surface area contributed by atoms with Crippen LogP contribution in [0.2, 0.25) is 0 Å². The average molecular weight is 652 g/mol. The lowest BCUT2D eigenvalue weighted by atomic mass is 9.81. The minimum absolute atomic E-state index is 0.0793. The second kappa shape index (κ2) is 10.8. The highest BCUT2D eigenvalue weighted by Crippen LogP contribution is 2.56. The molecule has 2 saturated carbocycles. The third-order valence-electron chi connectivity index (χ3n) is 9.63. The molecule has 3 aromatic carbocycles. The Morgan fingerprint density at radius 2 is 1.55 bits per heavy atom. The molecule has 44 heavy (non-hydrogen) atoms. The summed E-state index contributed by atoms with van der Waals surface area (Å²) in [5.74, 6) is -0.789. The van der Waals surface area contributed by atoms with Crippen molar-refractivity contribution in [2.75, 3.05) is 4.90 Å². The van der Waals surface area contributed by atoms with Crippen LogP contribution >= 0.6 is 15.9 Å². The molecule has 3 fully saturated rings. The van der Waals surface area contributed by atoms with E-state index in [1.165, 1.54) is 4.90 Å². The Morgan fingerprint density at radius 1 is 0.909 bits per heavy atom. The summed E-state index contributed by atoms with van der Waals surface area (Å²) in [6, 6.07) is 19.8. The molecule has 2 bridgehead atoms. The molecular formula is C36H31BrN2O5. The number of aryl methyl sites for hydroxylation is 2. The van der Waals surface area contributed by atoms with Gasteiger partial charge in [-0.15, -0.1) is 0 Å². The van der Waals surface area contributed by atoms with Crippen molar-refractivity contribution in [3.63, 3.8) is 0 Å². The van der Waals surface area contributed by atoms with Crippen LogP contribution in [0.5, 0.6) is 0 Å². The first kappa shape index (κ1) is 28.6. The van der Waals surface area contributed by atoms with Gasteiger partial charge in [0.15, 0.2) is 6.10 Å². The Labute approximate surface area is 263 Å². The normalized spacial score (nSPS) is 22.9. The SMILES string of the molecule is Cc1ccc(C(=O)C(C)OC(=O)c2cc(-c3ccc(N4C(=O)C5C6CCC(C6)C5C4=O)cc3)nc3c(C)cc(Br)cc23)cc1. The number of pyridine rings is 1. The van der Waals surface area contributed by atoms with E-state index in [2.05, 4.69) is 15.9 Å². The predicted octanol–water partition coefficient (Wildman–Crippen LogP) is 7.24. The first-order valence-electron chi connectivity index (χ1n) is 15.0. The molecule has 1 saturated heterocycles. The van der Waals surface area contributed by atoms with E-state index in [-0.39, 0.29) is 35.0 Å². The first-order chi connectivity index (χ1) is 21.1. The van der Waals surface area contributed by atoms with Gasteiger partial charge in [0.25, 0.3) is 0 Å². The van der Waals surface area contributed by atoms with Crippen LogP contribution in [0, 0.1) is 37.5 Å². The molecule has 5 atom stereocenters. The molecule has 2 heterocycles. The zero-order valence-electron chi connectivity index (χ0n) is 24.7. The van der Waals surface area contributed by atoms with E-state index in [0.717, 1.165) is 40.4 Å². The number of amides is 2. The number of hydrogen-bond acceptors (Lipinski definition) is 6. The van der Waals surface area contributed by atoms with Gasteiger partial charge >= 0.3 is 5.97 Å². The first-order valence-corrected chi connectivity index (χ1v) is 15.8. The second-order valence-electron chi connectivity index (χ2n) is 12.4. The topological polar surface area (TPSA) is 93.6 Å². The zero-order valence-corrected chi connectivity index (χ0v) is 26.3. The van der Waals surface area contributed by atoms with Gasteiger partial charge in [0.2, 0.25) is 17.6 Å². The number of rotatable bonds is 6. The van der Waals surface area contributed by atoms with Gasteiger partial charge in [-0.05, 0) is 87.8 Å². The number of esters is 1. The minimum atomic E-state index is -0.991. The number of ether oxygens (including phenoxy) is 1. The van der Waals surface area contributed by atoms with Crippen molar-refractivity contribution in [1.82, 2.24) is 4.98 Å². The van der Waals surface area contributed by atoms with E-state index in [4.69, 9.17) is 9.72 Å². The van der Waals surface area contributed by atoms with Crippen LogP contribution < -0.4 is 4.90 Å². The maximum absolute atomic E-state index is 13.6. The summed E-state index contributed by atoms with van der Waals surface area (Å²) < 4.78 is 6.51. The number of carbonyl (C=O) groups is 4. The molecule has 0 radical (unpaired) electrons. The van der Waals surface area contributed by atoms with Gasteiger partial charge in [-0.2, -0.15) is 0 Å². The molecule has 8 heteroatoms. The number of benzene rings is 3. The van der Waals surface area contributed by atoms with Crippen LogP contribution in [0.25, 0.3) is 22.2 Å². The highest BCUT2D eigenvalue weighted by molar-refractivity contribution is 9.10. The van der Waals surface area contributed by atoms with Gasteiger partial charge in [0.1, 0.15) is 0 Å². The summed E-state index contributed by atoms with van der Waals surface area (Å²) in [6.07, 6.45) is 2.07. The number of anilines is 1. The molecule has 0 spiro atoms. The summed E-state index contributed by atoms with van der Waals surface area (Å²) in [7, 11) is 0. The monoisotopic (exact) mass is 650 g/mol. The van der Waals surface area contributed by atoms with Gasteiger partial charge in [-0.25, -0.2) is 9.78 Å². The molecule has 2 aliphatic carbocycles. The quantitative estimate of drug-likeness (QED) is 0.124. The number of imide groups is 1. The molecule has 1 aromatic heterocycles. The second-order valence-corrected chi connectivity index (χ2v) is 13.3. The fraction of sp³-hybridized carbons (Fsp3) is 0.306. The van der Waals surface area contributed by atoms with E-state index < -0.39 is 12.1 Å². The number of ketones is 1. The molecule has 222 valence electrons. The summed E-state index contributed by atoms with van der Waals surface area (Å²) in [4.78, 5) is 59.6. The third-order valence-corrected chi connectivity index (χ3v) is 10.1. The van der Waals surface area contributed by atoms with Crippen LogP contribution in [0.15, 0.2) is 71.2 Å². The lowest BCUT2D eigenvalue weighted by Gasteiger charge is -2.19. The van der Waals surface area contributed by atoms with Crippen LogP contribution in [-0.4, -0.2) is 34.7 Å². The van der Waals surface area contributed by atoms with Crippen LogP contribution in [0.1, 0.15) is 58.0 Å². The standard InChI is InChI=1S/C36H31BrN2O5/c1-18-4-6-22(7-5-18)33(40)20(3)44-36(43)28-17-29(38-32-19(2)14-25(37)16-27(28)32)21-10-12-26(13-11-21)39-34(41)30-23-8-9-24(15-23)31(30)35(39)42/h4-7,10-14,16-17,20,23-24,30-31H,8-9,15H2,1-3H3. The van der Waals surface area contributed by atoms with Gasteiger partial charge < -0.3 is 4.74 Å². The zero-order chi connectivity index (χ0) is 30.9. The van der Waals surface area contributed by atoms with Crippen molar-refractivity contribution in [3.05, 3.63) is 93.5 Å². The van der Waals surface area contributed by atoms with E-state index in [1.54, 1.807) is 37.3 Å². The Balaban J connectivity index is 1.20. The molecule has 2 amide bonds. The van der Waals surface area contributed by atoms with E-state index in [1.807, 2.05) is 50.2 Å². The summed E-state index contributed by atoms with van der Waals surface area (Å²) in [5.41, 5.74) is 5.09. The highest BCUT2D eigenvalue weighted by atomic mass is 79.9.